The third kappa shape index (κ3) is 7.97. The summed E-state index contributed by atoms with van der Waals surface area (Å²) in [5.74, 6) is 0. The monoisotopic (exact) mass is 722 g/mol. The second kappa shape index (κ2) is 17.8. The van der Waals surface area contributed by atoms with Gasteiger partial charge in [-0.2, -0.15) is 0 Å². The van der Waals surface area contributed by atoms with Crippen molar-refractivity contribution < 1.29 is 0 Å². The number of benzene rings is 4. The highest BCUT2D eigenvalue weighted by Crippen LogP contribution is 2.49. The van der Waals surface area contributed by atoms with E-state index in [1.807, 2.05) is 12.2 Å². The van der Waals surface area contributed by atoms with Gasteiger partial charge in [-0.25, -0.2) is 0 Å². The largest absolute Gasteiger partial charge is 0.0991 e. The van der Waals surface area contributed by atoms with E-state index >= 15 is 0 Å². The van der Waals surface area contributed by atoms with Crippen LogP contribution in [-0.2, 0) is 0 Å². The van der Waals surface area contributed by atoms with E-state index in [0.29, 0.717) is 0 Å². The van der Waals surface area contributed by atoms with E-state index in [0.717, 1.165) is 70.0 Å². The third-order valence-corrected chi connectivity index (χ3v) is 10.8. The lowest BCUT2D eigenvalue weighted by Crippen LogP contribution is -2.00. The van der Waals surface area contributed by atoms with Crippen LogP contribution in [0.5, 0.6) is 0 Å². The summed E-state index contributed by atoms with van der Waals surface area (Å²) in [6.45, 7) is 17.7. The van der Waals surface area contributed by atoms with Gasteiger partial charge in [0.15, 0.2) is 0 Å². The maximum absolute atomic E-state index is 4.98. The van der Waals surface area contributed by atoms with Gasteiger partial charge in [-0.3, -0.25) is 0 Å². The fourth-order valence-electron chi connectivity index (χ4n) is 8.01. The number of hydrogen-bond donors (Lipinski definition) is 0. The minimum absolute atomic E-state index is 0.943. The van der Waals surface area contributed by atoms with Crippen LogP contribution in [0.15, 0.2) is 219 Å². The van der Waals surface area contributed by atoms with Crippen molar-refractivity contribution in [2.45, 2.75) is 39.5 Å². The van der Waals surface area contributed by atoms with Crippen molar-refractivity contribution in [1.82, 2.24) is 0 Å². The first-order valence-corrected chi connectivity index (χ1v) is 19.7. The first-order chi connectivity index (χ1) is 27.5. The van der Waals surface area contributed by atoms with Gasteiger partial charge in [0.05, 0.1) is 0 Å². The van der Waals surface area contributed by atoms with Gasteiger partial charge in [0.25, 0.3) is 0 Å². The van der Waals surface area contributed by atoms with E-state index in [2.05, 4.69) is 197 Å². The molecule has 274 valence electrons. The molecular formula is C56H50. The molecule has 56 heavy (non-hydrogen) atoms. The van der Waals surface area contributed by atoms with Crippen molar-refractivity contribution in [3.8, 4) is 22.3 Å². The van der Waals surface area contributed by atoms with Crippen LogP contribution >= 0.6 is 0 Å². The summed E-state index contributed by atoms with van der Waals surface area (Å²) in [6, 6.07) is 39.8. The molecule has 0 atom stereocenters. The lowest BCUT2D eigenvalue weighted by Gasteiger charge is -2.24. The summed E-state index contributed by atoms with van der Waals surface area (Å²) in [4.78, 5) is 0. The molecule has 0 aromatic heterocycles. The maximum Gasteiger partial charge on any atom is -0.000786 e. The van der Waals surface area contributed by atoms with Crippen LogP contribution in [0.25, 0.3) is 54.9 Å². The lowest BCUT2D eigenvalue weighted by atomic mass is 9.79. The molecule has 0 N–H and O–H groups in total. The van der Waals surface area contributed by atoms with E-state index in [9.17, 15) is 0 Å². The average molecular weight is 723 g/mol. The molecular weight excluding hydrogens is 673 g/mol. The molecule has 0 unspecified atom stereocenters. The maximum atomic E-state index is 4.98. The molecule has 0 heterocycles. The average Bonchev–Trinajstić information content (AvgIpc) is 3.24. The van der Waals surface area contributed by atoms with Crippen molar-refractivity contribution in [3.05, 3.63) is 241 Å². The zero-order chi connectivity index (χ0) is 38.9. The zero-order valence-electron chi connectivity index (χ0n) is 32.8. The molecule has 7 rings (SSSR count). The Hall–Kier alpha value is -6.50. The van der Waals surface area contributed by atoms with Gasteiger partial charge in [0, 0.05) is 0 Å². The van der Waals surface area contributed by atoms with Gasteiger partial charge >= 0.3 is 0 Å². The molecule has 0 amide bonds. The zero-order valence-corrected chi connectivity index (χ0v) is 32.8. The van der Waals surface area contributed by atoms with E-state index in [-0.39, 0.29) is 0 Å². The quantitative estimate of drug-likeness (QED) is 0.126. The van der Waals surface area contributed by atoms with Crippen molar-refractivity contribution in [2.75, 3.05) is 0 Å². The van der Waals surface area contributed by atoms with Gasteiger partial charge in [0.1, 0.15) is 0 Å². The van der Waals surface area contributed by atoms with Crippen molar-refractivity contribution >= 4 is 32.7 Å². The molecule has 0 saturated carbocycles. The number of aryl methyl sites for hydroxylation is 2. The molecule has 0 aliphatic heterocycles. The molecule has 5 aromatic carbocycles. The second-order valence-electron chi connectivity index (χ2n) is 14.5. The van der Waals surface area contributed by atoms with E-state index in [1.54, 1.807) is 0 Å². The third-order valence-electron chi connectivity index (χ3n) is 10.8. The SMILES string of the molecule is C=CC=CC(=CC1=CC=CCC1)c1ccccccc(C(=C)C(=CC=C)C2=CC=CCC2)c2c(-c3ccccc3)c3cc(C)c(C)cc3c(-c3ccccc3)c12. The normalized spacial score (nSPS) is 14.4. The number of rotatable bonds is 10. The predicted octanol–water partition coefficient (Wildman–Crippen LogP) is 15.9. The highest BCUT2D eigenvalue weighted by molar-refractivity contribution is 6.26. The van der Waals surface area contributed by atoms with Crippen molar-refractivity contribution in [3.63, 3.8) is 0 Å². The molecule has 0 heteroatoms. The molecule has 0 nitrogen and oxygen atoms in total. The number of fused-ring (bicyclic) bond motifs is 2. The topological polar surface area (TPSA) is 0 Å². The Kier molecular flexibility index (Phi) is 12.0. The van der Waals surface area contributed by atoms with E-state index < -0.39 is 0 Å². The fourth-order valence-corrected chi connectivity index (χ4v) is 8.01. The molecule has 0 saturated heterocycles. The van der Waals surface area contributed by atoms with Gasteiger partial charge in [0.2, 0.25) is 0 Å². The van der Waals surface area contributed by atoms with Crippen LogP contribution in [0.1, 0.15) is 47.9 Å². The van der Waals surface area contributed by atoms with Crippen LogP contribution in [-0.4, -0.2) is 0 Å². The van der Waals surface area contributed by atoms with Crippen LogP contribution in [0.3, 0.4) is 0 Å². The number of hydrogen-bond acceptors (Lipinski definition) is 0. The molecule has 0 radical (unpaired) electrons. The van der Waals surface area contributed by atoms with Crippen LogP contribution in [0.4, 0.5) is 0 Å². The van der Waals surface area contributed by atoms with E-state index in [4.69, 9.17) is 6.58 Å². The summed E-state index contributed by atoms with van der Waals surface area (Å²) < 4.78 is 0. The Morgan fingerprint density at radius 2 is 1.14 bits per heavy atom. The van der Waals surface area contributed by atoms with Gasteiger partial charge in [-0.05, 0) is 133 Å². The minimum Gasteiger partial charge on any atom is -0.0991 e. The Balaban J connectivity index is 1.84. The Morgan fingerprint density at radius 3 is 1.68 bits per heavy atom. The summed E-state index contributed by atoms with van der Waals surface area (Å²) in [7, 11) is 0. The first kappa shape index (κ1) is 37.8. The molecule has 5 aromatic rings. The van der Waals surface area contributed by atoms with Gasteiger partial charge in [-0.1, -0.05) is 202 Å². The Morgan fingerprint density at radius 1 is 0.607 bits per heavy atom. The summed E-state index contributed by atoms with van der Waals surface area (Å²) >= 11 is 0. The second-order valence-corrected chi connectivity index (χ2v) is 14.5. The smallest absolute Gasteiger partial charge is 0.000786 e. The minimum atomic E-state index is 0.943. The van der Waals surface area contributed by atoms with E-state index in [1.165, 1.54) is 49.6 Å². The van der Waals surface area contributed by atoms with Crippen molar-refractivity contribution in [2.24, 2.45) is 0 Å². The highest BCUT2D eigenvalue weighted by atomic mass is 14.3. The summed E-state index contributed by atoms with van der Waals surface area (Å²) in [6.07, 6.45) is 29.8. The fraction of sp³-hybridized carbons (Fsp3) is 0.107. The van der Waals surface area contributed by atoms with Gasteiger partial charge in [-0.15, -0.1) is 0 Å². The Labute approximate surface area is 334 Å². The molecule has 0 spiro atoms. The predicted molar refractivity (Wildman–Crippen MR) is 247 cm³/mol. The standard InChI is InChI=1S/C56H50/c1-6-8-28-47(39-43-26-15-11-16-27-43)50-36-24-10-9-23-35-49(42(5)48(25-7-2)44-29-17-12-18-30-44)55-53(45-31-19-13-20-32-45)51-37-40(3)41(4)38-52(51)54(56(50)55)46-33-21-14-22-34-46/h6-15,17,19-26,28-29,31-39H,1-2,5,16,18,27,30H2,3-4H3. The van der Waals surface area contributed by atoms with Crippen LogP contribution in [0, 0.1) is 13.8 Å². The molecule has 2 aliphatic rings. The molecule has 0 bridgehead atoms. The van der Waals surface area contributed by atoms with Crippen molar-refractivity contribution in [1.29, 1.82) is 0 Å². The highest BCUT2D eigenvalue weighted by Gasteiger charge is 2.24. The summed E-state index contributed by atoms with van der Waals surface area (Å²) in [5, 5.41) is 4.76. The molecule has 0 fully saturated rings. The van der Waals surface area contributed by atoms with Crippen LogP contribution in [0.2, 0.25) is 0 Å². The van der Waals surface area contributed by atoms with Crippen LogP contribution < -0.4 is 0 Å². The Bertz CT molecular complexity index is 2610. The first-order valence-electron chi connectivity index (χ1n) is 19.7. The summed E-state index contributed by atoms with van der Waals surface area (Å²) in [5.41, 5.74) is 15.2. The van der Waals surface area contributed by atoms with Gasteiger partial charge < -0.3 is 0 Å². The lowest BCUT2D eigenvalue weighted by molar-refractivity contribution is 0.980. The molecule has 2 aliphatic carbocycles. The number of allylic oxidation sites excluding steroid dienone is 17.